The molecule has 0 saturated carbocycles. The molecule has 0 aliphatic heterocycles. The van der Waals surface area contributed by atoms with Crippen LogP contribution in [0.2, 0.25) is 0 Å². The lowest BCUT2D eigenvalue weighted by Crippen LogP contribution is -2.33. The quantitative estimate of drug-likeness (QED) is 0.601. The van der Waals surface area contributed by atoms with Gasteiger partial charge in [0.2, 0.25) is 0 Å². The van der Waals surface area contributed by atoms with Gasteiger partial charge >= 0.3 is 6.09 Å². The van der Waals surface area contributed by atoms with E-state index in [1.54, 1.807) is 0 Å². The van der Waals surface area contributed by atoms with Crippen LogP contribution < -0.4 is 5.32 Å². The number of ether oxygens (including phenoxy) is 1. The van der Waals surface area contributed by atoms with Gasteiger partial charge in [-0.2, -0.15) is 0 Å². The average Bonchev–Trinajstić information content (AvgIpc) is 2.10. The zero-order chi connectivity index (χ0) is 12.1. The first kappa shape index (κ1) is 14.3. The fourth-order valence-electron chi connectivity index (χ4n) is 0.784. The minimum Gasteiger partial charge on any atom is -0.444 e. The first-order valence-electron chi connectivity index (χ1n) is 4.94. The summed E-state index contributed by atoms with van der Waals surface area (Å²) in [4.78, 5) is 11.3. The highest BCUT2D eigenvalue weighted by Gasteiger charge is 2.15. The second-order valence-corrected chi connectivity index (χ2v) is 4.82. The van der Waals surface area contributed by atoms with E-state index in [1.165, 1.54) is 0 Å². The van der Waals surface area contributed by atoms with Crippen LogP contribution in [0.25, 0.3) is 0 Å². The van der Waals surface area contributed by atoms with Gasteiger partial charge in [0.25, 0.3) is 0 Å². The molecule has 1 N–H and O–H groups in total. The van der Waals surface area contributed by atoms with Crippen molar-refractivity contribution < 1.29 is 9.53 Å². The second-order valence-electron chi connectivity index (χ2n) is 4.55. The van der Waals surface area contributed by atoms with Gasteiger partial charge < -0.3 is 10.1 Å². The second kappa shape index (κ2) is 6.01. The molecule has 0 aromatic rings. The smallest absolute Gasteiger partial charge is 0.407 e. The summed E-state index contributed by atoms with van der Waals surface area (Å²) in [5.41, 5.74) is 1.69. The Hall–Kier alpha value is -0.700. The fourth-order valence-corrected chi connectivity index (χ4v) is 1.01. The Morgan fingerprint density at radius 1 is 1.27 bits per heavy atom. The first-order chi connectivity index (χ1) is 6.76. The largest absolute Gasteiger partial charge is 0.444 e. The van der Waals surface area contributed by atoms with Crippen LogP contribution in [0.4, 0.5) is 4.79 Å². The molecule has 0 spiro atoms. The molecule has 0 aromatic carbocycles. The maximum Gasteiger partial charge on any atom is 0.407 e. The third-order valence-corrected chi connectivity index (χ3v) is 2.23. The van der Waals surface area contributed by atoms with Gasteiger partial charge in [0.15, 0.2) is 0 Å². The maximum atomic E-state index is 11.3. The van der Waals surface area contributed by atoms with Crippen LogP contribution in [0.1, 0.15) is 34.6 Å². The lowest BCUT2D eigenvalue weighted by molar-refractivity contribution is 0.0532. The van der Waals surface area contributed by atoms with E-state index in [2.05, 4.69) is 5.32 Å². The summed E-state index contributed by atoms with van der Waals surface area (Å²) in [6, 6.07) is 0. The van der Waals surface area contributed by atoms with Crippen LogP contribution >= 0.6 is 11.6 Å². The van der Waals surface area contributed by atoms with Crippen molar-refractivity contribution in [1.82, 2.24) is 5.32 Å². The van der Waals surface area contributed by atoms with E-state index >= 15 is 0 Å². The summed E-state index contributed by atoms with van der Waals surface area (Å²) in [5, 5.41) is 2.68. The lowest BCUT2D eigenvalue weighted by Gasteiger charge is -2.20. The molecule has 4 heteroatoms. The number of rotatable bonds is 3. The number of alkyl halides is 1. The van der Waals surface area contributed by atoms with E-state index in [9.17, 15) is 4.79 Å². The Morgan fingerprint density at radius 2 is 1.80 bits per heavy atom. The monoisotopic (exact) mass is 233 g/mol. The molecule has 0 unspecified atom stereocenters. The molecule has 1 amide bonds. The van der Waals surface area contributed by atoms with Crippen molar-refractivity contribution in [2.45, 2.75) is 40.2 Å². The third-order valence-electron chi connectivity index (χ3n) is 1.83. The molecule has 0 atom stereocenters. The van der Waals surface area contributed by atoms with E-state index in [4.69, 9.17) is 16.3 Å². The molecular weight excluding hydrogens is 214 g/mol. The molecule has 0 bridgehead atoms. The number of halogens is 1. The average molecular weight is 234 g/mol. The molecule has 0 heterocycles. The summed E-state index contributed by atoms with van der Waals surface area (Å²) in [7, 11) is 0. The Kier molecular flexibility index (Phi) is 5.73. The highest BCUT2D eigenvalue weighted by molar-refractivity contribution is 6.19. The molecule has 0 fully saturated rings. The Balaban J connectivity index is 4.03. The number of amides is 1. The van der Waals surface area contributed by atoms with Crippen LogP contribution in [-0.2, 0) is 4.74 Å². The molecule has 15 heavy (non-hydrogen) atoms. The molecule has 0 radical (unpaired) electrons. The van der Waals surface area contributed by atoms with E-state index in [0.29, 0.717) is 12.4 Å². The highest BCUT2D eigenvalue weighted by Crippen LogP contribution is 2.07. The summed E-state index contributed by atoms with van der Waals surface area (Å²) in [5.74, 6) is 0.488. The third kappa shape index (κ3) is 7.25. The zero-order valence-corrected chi connectivity index (χ0v) is 10.9. The van der Waals surface area contributed by atoms with Gasteiger partial charge in [-0.05, 0) is 34.6 Å². The number of nitrogens with one attached hydrogen (secondary N) is 1. The van der Waals surface area contributed by atoms with Gasteiger partial charge in [0, 0.05) is 12.4 Å². The molecule has 3 nitrogen and oxygen atoms in total. The summed E-state index contributed by atoms with van der Waals surface area (Å²) < 4.78 is 5.10. The molecule has 0 rings (SSSR count). The van der Waals surface area contributed by atoms with Crippen molar-refractivity contribution in [2.24, 2.45) is 0 Å². The van der Waals surface area contributed by atoms with Gasteiger partial charge in [-0.15, -0.1) is 11.6 Å². The highest BCUT2D eigenvalue weighted by atomic mass is 35.5. The summed E-state index contributed by atoms with van der Waals surface area (Å²) in [6.07, 6.45) is -0.399. The normalized spacial score (nSPS) is 13.2. The van der Waals surface area contributed by atoms with Gasteiger partial charge in [-0.3, -0.25) is 0 Å². The number of allylic oxidation sites excluding steroid dienone is 1. The first-order valence-corrected chi connectivity index (χ1v) is 5.47. The molecule has 88 valence electrons. The van der Waals surface area contributed by atoms with E-state index in [0.717, 1.165) is 11.1 Å². The minimum absolute atomic E-state index is 0.399. The molecular formula is C11H20ClNO2. The van der Waals surface area contributed by atoms with Gasteiger partial charge in [0.05, 0.1) is 0 Å². The fraction of sp³-hybridized carbons (Fsp3) is 0.727. The van der Waals surface area contributed by atoms with Crippen LogP contribution in [0.3, 0.4) is 0 Å². The summed E-state index contributed by atoms with van der Waals surface area (Å²) in [6.45, 7) is 9.86. The molecule has 0 aliphatic carbocycles. The van der Waals surface area contributed by atoms with Crippen LogP contribution in [0, 0.1) is 0 Å². The van der Waals surface area contributed by atoms with Crippen molar-refractivity contribution >= 4 is 17.7 Å². The summed E-state index contributed by atoms with van der Waals surface area (Å²) >= 11 is 5.67. The number of carbonyl (C=O) groups is 1. The Bertz CT molecular complexity index is 254. The zero-order valence-electron chi connectivity index (χ0n) is 10.1. The van der Waals surface area contributed by atoms with Gasteiger partial charge in [-0.1, -0.05) is 11.1 Å². The minimum atomic E-state index is -0.455. The van der Waals surface area contributed by atoms with Crippen molar-refractivity contribution in [3.05, 3.63) is 11.1 Å². The SMILES string of the molecule is CC(CCl)=C(C)CNC(=O)OC(C)(C)C. The number of alkyl carbamates (subject to hydrolysis) is 1. The number of carbonyl (C=O) groups excluding carboxylic acids is 1. The number of hydrogen-bond donors (Lipinski definition) is 1. The molecule has 0 aromatic heterocycles. The van der Waals surface area contributed by atoms with Crippen molar-refractivity contribution in [1.29, 1.82) is 0 Å². The van der Waals surface area contributed by atoms with Crippen molar-refractivity contribution in [3.63, 3.8) is 0 Å². The van der Waals surface area contributed by atoms with Crippen LogP contribution in [0.5, 0.6) is 0 Å². The molecule has 0 saturated heterocycles. The predicted octanol–water partition coefficient (Wildman–Crippen LogP) is 3.09. The van der Waals surface area contributed by atoms with Crippen molar-refractivity contribution in [3.8, 4) is 0 Å². The van der Waals surface area contributed by atoms with E-state index in [-0.39, 0.29) is 0 Å². The van der Waals surface area contributed by atoms with E-state index in [1.807, 2.05) is 34.6 Å². The lowest BCUT2D eigenvalue weighted by atomic mass is 10.2. The molecule has 0 aliphatic rings. The predicted molar refractivity (Wildman–Crippen MR) is 63.3 cm³/mol. The Morgan fingerprint density at radius 3 is 2.20 bits per heavy atom. The van der Waals surface area contributed by atoms with Gasteiger partial charge in [-0.25, -0.2) is 4.79 Å². The topological polar surface area (TPSA) is 38.3 Å². The van der Waals surface area contributed by atoms with Gasteiger partial charge in [0.1, 0.15) is 5.60 Å². The standard InChI is InChI=1S/C11H20ClNO2/c1-8(6-12)9(2)7-13-10(14)15-11(3,4)5/h6-7H2,1-5H3,(H,13,14). The Labute approximate surface area is 96.8 Å². The van der Waals surface area contributed by atoms with Crippen LogP contribution in [0.15, 0.2) is 11.1 Å². The van der Waals surface area contributed by atoms with Crippen LogP contribution in [-0.4, -0.2) is 24.1 Å². The van der Waals surface area contributed by atoms with Crippen molar-refractivity contribution in [2.75, 3.05) is 12.4 Å². The van der Waals surface area contributed by atoms with E-state index < -0.39 is 11.7 Å². The maximum absolute atomic E-state index is 11.3. The number of hydrogen-bond acceptors (Lipinski definition) is 2.